The first-order valence-electron chi connectivity index (χ1n) is 10.5. The van der Waals surface area contributed by atoms with Gasteiger partial charge in [0.1, 0.15) is 11.4 Å². The smallest absolute Gasteiger partial charge is 0.259 e. The lowest BCUT2D eigenvalue weighted by atomic mass is 10.1. The minimum absolute atomic E-state index is 0.102. The molecular formula is C26H24N4O3. The lowest BCUT2D eigenvalue weighted by Gasteiger charge is -2.09. The van der Waals surface area contributed by atoms with Crippen LogP contribution in [0.2, 0.25) is 0 Å². The Morgan fingerprint density at radius 2 is 1.73 bits per heavy atom. The van der Waals surface area contributed by atoms with Crippen LogP contribution in [0, 0.1) is 6.92 Å². The third-order valence-corrected chi connectivity index (χ3v) is 5.05. The molecule has 0 fully saturated rings. The molecule has 0 unspecified atom stereocenters. The highest BCUT2D eigenvalue weighted by atomic mass is 16.5. The van der Waals surface area contributed by atoms with Gasteiger partial charge in [0.25, 0.3) is 11.8 Å². The number of aryl methyl sites for hydroxylation is 1. The van der Waals surface area contributed by atoms with E-state index in [-0.39, 0.29) is 18.4 Å². The molecule has 0 spiro atoms. The van der Waals surface area contributed by atoms with Gasteiger partial charge in [-0.1, -0.05) is 54.1 Å². The summed E-state index contributed by atoms with van der Waals surface area (Å²) in [6.45, 7) is 1.92. The number of ether oxygens (including phenoxy) is 1. The van der Waals surface area contributed by atoms with Crippen LogP contribution in [-0.2, 0) is 4.79 Å². The largest absolute Gasteiger partial charge is 0.484 e. The molecule has 0 saturated heterocycles. The number of benzene rings is 3. The van der Waals surface area contributed by atoms with Crippen molar-refractivity contribution in [3.8, 4) is 22.7 Å². The number of rotatable bonds is 7. The molecule has 7 nitrogen and oxygen atoms in total. The van der Waals surface area contributed by atoms with Gasteiger partial charge in [-0.15, -0.1) is 0 Å². The van der Waals surface area contributed by atoms with Gasteiger partial charge in [0.15, 0.2) is 6.61 Å². The van der Waals surface area contributed by atoms with Crippen molar-refractivity contribution in [2.24, 2.45) is 0 Å². The summed E-state index contributed by atoms with van der Waals surface area (Å²) in [5, 5.41) is 10.1. The van der Waals surface area contributed by atoms with Crippen LogP contribution in [0.4, 0.5) is 5.69 Å². The van der Waals surface area contributed by atoms with Gasteiger partial charge in [0.05, 0.1) is 11.3 Å². The Labute approximate surface area is 192 Å². The molecule has 0 saturated carbocycles. The summed E-state index contributed by atoms with van der Waals surface area (Å²) in [5.41, 5.74) is 4.43. The van der Waals surface area contributed by atoms with Crippen molar-refractivity contribution in [3.05, 3.63) is 96.2 Å². The Hall–Kier alpha value is -4.39. The van der Waals surface area contributed by atoms with Gasteiger partial charge in [0, 0.05) is 30.6 Å². The third-order valence-electron chi connectivity index (χ3n) is 5.05. The van der Waals surface area contributed by atoms with E-state index in [4.69, 9.17) is 9.84 Å². The maximum absolute atomic E-state index is 13.3. The number of nitrogens with zero attached hydrogens (tertiary/aromatic N) is 2. The van der Waals surface area contributed by atoms with E-state index in [1.807, 2.05) is 61.5 Å². The van der Waals surface area contributed by atoms with E-state index in [0.29, 0.717) is 22.7 Å². The topological polar surface area (TPSA) is 85.3 Å². The summed E-state index contributed by atoms with van der Waals surface area (Å²) < 4.78 is 7.18. The maximum Gasteiger partial charge on any atom is 0.259 e. The molecule has 0 aliphatic carbocycles. The number of aromatic nitrogens is 2. The van der Waals surface area contributed by atoms with Crippen molar-refractivity contribution in [2.45, 2.75) is 6.92 Å². The van der Waals surface area contributed by atoms with E-state index in [1.165, 1.54) is 0 Å². The molecule has 4 aromatic rings. The second kappa shape index (κ2) is 9.82. The van der Waals surface area contributed by atoms with Crippen LogP contribution in [0.15, 0.2) is 85.1 Å². The summed E-state index contributed by atoms with van der Waals surface area (Å²) in [6.07, 6.45) is 1.73. The van der Waals surface area contributed by atoms with E-state index < -0.39 is 0 Å². The number of anilines is 1. The van der Waals surface area contributed by atoms with Gasteiger partial charge in [-0.2, -0.15) is 5.10 Å². The predicted octanol–water partition coefficient (Wildman–Crippen LogP) is 4.22. The van der Waals surface area contributed by atoms with Crippen molar-refractivity contribution in [3.63, 3.8) is 0 Å². The SMILES string of the molecule is CNC(=O)COc1cccc(NC(=O)c2cn(-c3ccc(C)cc3)nc2-c2ccccc2)c1. The van der Waals surface area contributed by atoms with Crippen molar-refractivity contribution < 1.29 is 14.3 Å². The Morgan fingerprint density at radius 1 is 0.970 bits per heavy atom. The number of nitrogens with one attached hydrogen (secondary N) is 2. The molecule has 3 aromatic carbocycles. The van der Waals surface area contributed by atoms with Crippen LogP contribution in [0.3, 0.4) is 0 Å². The fourth-order valence-electron chi connectivity index (χ4n) is 3.26. The Bertz CT molecular complexity index is 1260. The minimum atomic E-state index is -0.296. The zero-order chi connectivity index (χ0) is 23.2. The molecule has 166 valence electrons. The van der Waals surface area contributed by atoms with E-state index >= 15 is 0 Å². The first kappa shape index (κ1) is 21.8. The van der Waals surface area contributed by atoms with E-state index in [9.17, 15) is 9.59 Å². The average Bonchev–Trinajstić information content (AvgIpc) is 3.29. The minimum Gasteiger partial charge on any atom is -0.484 e. The number of amides is 2. The van der Waals surface area contributed by atoms with Gasteiger partial charge >= 0.3 is 0 Å². The number of likely N-dealkylation sites (N-methyl/N-ethyl adjacent to an activating group) is 1. The molecular weight excluding hydrogens is 416 g/mol. The molecule has 7 heteroatoms. The Balaban J connectivity index is 1.63. The molecule has 0 aliphatic heterocycles. The van der Waals surface area contributed by atoms with E-state index in [2.05, 4.69) is 10.6 Å². The van der Waals surface area contributed by atoms with Crippen molar-refractivity contribution in [1.29, 1.82) is 0 Å². The maximum atomic E-state index is 13.3. The van der Waals surface area contributed by atoms with Gasteiger partial charge < -0.3 is 15.4 Å². The molecule has 33 heavy (non-hydrogen) atoms. The molecule has 0 atom stereocenters. The van der Waals surface area contributed by atoms with Crippen LogP contribution < -0.4 is 15.4 Å². The van der Waals surface area contributed by atoms with Crippen molar-refractivity contribution in [1.82, 2.24) is 15.1 Å². The molecule has 1 heterocycles. The first-order valence-corrected chi connectivity index (χ1v) is 10.5. The highest BCUT2D eigenvalue weighted by Gasteiger charge is 2.19. The zero-order valence-corrected chi connectivity index (χ0v) is 18.4. The van der Waals surface area contributed by atoms with E-state index in [1.54, 1.807) is 42.2 Å². The molecule has 4 rings (SSSR count). The molecule has 0 aliphatic rings. The van der Waals surface area contributed by atoms with Crippen molar-refractivity contribution >= 4 is 17.5 Å². The summed E-state index contributed by atoms with van der Waals surface area (Å²) >= 11 is 0. The quantitative estimate of drug-likeness (QED) is 0.451. The fraction of sp³-hybridized carbons (Fsp3) is 0.115. The highest BCUT2D eigenvalue weighted by molar-refractivity contribution is 6.08. The van der Waals surface area contributed by atoms with Crippen LogP contribution in [0.1, 0.15) is 15.9 Å². The number of carbonyl (C=O) groups excluding carboxylic acids is 2. The third kappa shape index (κ3) is 5.27. The van der Waals surface area contributed by atoms with Crippen LogP contribution >= 0.6 is 0 Å². The molecule has 2 N–H and O–H groups in total. The van der Waals surface area contributed by atoms with Crippen LogP contribution in [0.5, 0.6) is 5.75 Å². The summed E-state index contributed by atoms with van der Waals surface area (Å²) in [7, 11) is 1.55. The molecule has 2 amide bonds. The van der Waals surface area contributed by atoms with Gasteiger partial charge in [0.2, 0.25) is 0 Å². The standard InChI is InChI=1S/C26H24N4O3/c1-18-11-13-21(14-12-18)30-16-23(25(29-30)19-7-4-3-5-8-19)26(32)28-20-9-6-10-22(15-20)33-17-24(31)27-2/h3-16H,17H2,1-2H3,(H,27,31)(H,28,32). The molecule has 0 radical (unpaired) electrons. The van der Waals surface area contributed by atoms with Gasteiger partial charge in [-0.3, -0.25) is 9.59 Å². The summed E-state index contributed by atoms with van der Waals surface area (Å²) in [4.78, 5) is 24.7. The number of carbonyl (C=O) groups is 2. The van der Waals surface area contributed by atoms with Crippen LogP contribution in [-0.4, -0.2) is 35.2 Å². The second-order valence-corrected chi connectivity index (χ2v) is 7.48. The number of hydrogen-bond acceptors (Lipinski definition) is 4. The zero-order valence-electron chi connectivity index (χ0n) is 18.4. The number of hydrogen-bond donors (Lipinski definition) is 2. The summed E-state index contributed by atoms with van der Waals surface area (Å²) in [6, 6.07) is 24.4. The second-order valence-electron chi connectivity index (χ2n) is 7.48. The van der Waals surface area contributed by atoms with Crippen molar-refractivity contribution in [2.75, 3.05) is 19.0 Å². The fourth-order valence-corrected chi connectivity index (χ4v) is 3.26. The lowest BCUT2D eigenvalue weighted by Crippen LogP contribution is -2.24. The van der Waals surface area contributed by atoms with Gasteiger partial charge in [-0.05, 0) is 31.2 Å². The highest BCUT2D eigenvalue weighted by Crippen LogP contribution is 2.25. The lowest BCUT2D eigenvalue weighted by molar-refractivity contribution is -0.122. The average molecular weight is 441 g/mol. The first-order chi connectivity index (χ1) is 16.0. The predicted molar refractivity (Wildman–Crippen MR) is 128 cm³/mol. The Morgan fingerprint density at radius 3 is 2.45 bits per heavy atom. The normalized spacial score (nSPS) is 10.5. The van der Waals surface area contributed by atoms with Gasteiger partial charge in [-0.25, -0.2) is 4.68 Å². The van der Waals surface area contributed by atoms with Crippen LogP contribution in [0.25, 0.3) is 16.9 Å². The monoisotopic (exact) mass is 440 g/mol. The Kier molecular flexibility index (Phi) is 6.50. The van der Waals surface area contributed by atoms with E-state index in [0.717, 1.165) is 16.8 Å². The molecule has 1 aromatic heterocycles. The summed E-state index contributed by atoms with van der Waals surface area (Å²) in [5.74, 6) is -0.0499. The molecule has 0 bridgehead atoms.